The number of anilines is 1. The van der Waals surface area contributed by atoms with E-state index in [0.717, 1.165) is 17.0 Å². The number of amides is 1. The third kappa shape index (κ3) is 2.62. The topological polar surface area (TPSA) is 85.3 Å². The number of aromatic nitrogens is 2. The maximum absolute atomic E-state index is 12.6. The summed E-state index contributed by atoms with van der Waals surface area (Å²) in [6.07, 6.45) is 0.642. The predicted octanol–water partition coefficient (Wildman–Crippen LogP) is 2.52. The number of carbonyl (C=O) groups is 1. The maximum Gasteiger partial charge on any atom is 0.272 e. The first kappa shape index (κ1) is 14.4. The molecule has 0 aliphatic carbocycles. The van der Waals surface area contributed by atoms with Crippen LogP contribution in [0.3, 0.4) is 0 Å². The highest BCUT2D eigenvalue weighted by atomic mass is 16.4. The monoisotopic (exact) mass is 320 g/mol. The zero-order valence-corrected chi connectivity index (χ0v) is 13.0. The predicted molar refractivity (Wildman–Crippen MR) is 89.0 cm³/mol. The fourth-order valence-corrected chi connectivity index (χ4v) is 2.81. The fraction of sp³-hybridized carbons (Fsp3) is 0.167. The van der Waals surface area contributed by atoms with Gasteiger partial charge < -0.3 is 15.1 Å². The molecule has 3 heterocycles. The van der Waals surface area contributed by atoms with E-state index in [-0.39, 0.29) is 5.91 Å². The van der Waals surface area contributed by atoms with Crippen LogP contribution in [0.15, 0.2) is 52.9 Å². The summed E-state index contributed by atoms with van der Waals surface area (Å²) in [6, 6.07) is 14.8. The van der Waals surface area contributed by atoms with Crippen molar-refractivity contribution in [1.29, 1.82) is 0 Å². The van der Waals surface area contributed by atoms with Gasteiger partial charge in [-0.2, -0.15) is 0 Å². The van der Waals surface area contributed by atoms with Crippen molar-refractivity contribution in [2.45, 2.75) is 13.0 Å². The first-order valence-corrected chi connectivity index (χ1v) is 7.76. The summed E-state index contributed by atoms with van der Waals surface area (Å²) in [5.41, 5.74) is 7.75. The van der Waals surface area contributed by atoms with Crippen LogP contribution in [-0.2, 0) is 13.0 Å². The van der Waals surface area contributed by atoms with Gasteiger partial charge in [0.1, 0.15) is 23.0 Å². The lowest BCUT2D eigenvalue weighted by Gasteiger charge is -2.25. The highest BCUT2D eigenvalue weighted by Crippen LogP contribution is 2.26. The van der Waals surface area contributed by atoms with Crippen molar-refractivity contribution in [1.82, 2.24) is 14.9 Å². The maximum atomic E-state index is 12.6. The number of benzene rings is 1. The molecule has 120 valence electrons. The van der Waals surface area contributed by atoms with E-state index < -0.39 is 0 Å². The summed E-state index contributed by atoms with van der Waals surface area (Å²) >= 11 is 0. The molecule has 1 aliphatic heterocycles. The van der Waals surface area contributed by atoms with Crippen LogP contribution in [0, 0.1) is 0 Å². The van der Waals surface area contributed by atoms with E-state index in [9.17, 15) is 4.79 Å². The van der Waals surface area contributed by atoms with Crippen LogP contribution in [0.2, 0.25) is 0 Å². The third-order valence-corrected chi connectivity index (χ3v) is 4.03. The third-order valence-electron chi connectivity index (χ3n) is 4.03. The Kier molecular flexibility index (Phi) is 3.49. The molecule has 0 fully saturated rings. The van der Waals surface area contributed by atoms with Gasteiger partial charge in [-0.3, -0.25) is 4.79 Å². The quantitative estimate of drug-likeness (QED) is 0.784. The van der Waals surface area contributed by atoms with Gasteiger partial charge in [0.15, 0.2) is 0 Å². The lowest BCUT2D eigenvalue weighted by Crippen LogP contribution is -2.36. The fourth-order valence-electron chi connectivity index (χ4n) is 2.81. The van der Waals surface area contributed by atoms with E-state index in [1.54, 1.807) is 23.1 Å². The van der Waals surface area contributed by atoms with Crippen molar-refractivity contribution in [2.24, 2.45) is 0 Å². The molecule has 6 heteroatoms. The summed E-state index contributed by atoms with van der Waals surface area (Å²) < 4.78 is 5.86. The second-order valence-corrected chi connectivity index (χ2v) is 5.68. The van der Waals surface area contributed by atoms with Crippen molar-refractivity contribution in [3.8, 4) is 11.5 Å². The highest BCUT2D eigenvalue weighted by molar-refractivity contribution is 5.92. The van der Waals surface area contributed by atoms with Crippen LogP contribution in [0.1, 0.15) is 21.9 Å². The first-order valence-electron chi connectivity index (χ1n) is 7.76. The SMILES string of the molecule is Nc1cccc(C(=O)N2CCc3oc(-c4ccccc4)nc3C2)n1. The van der Waals surface area contributed by atoms with Crippen molar-refractivity contribution in [3.05, 3.63) is 65.7 Å². The minimum atomic E-state index is -0.141. The zero-order chi connectivity index (χ0) is 16.5. The number of fused-ring (bicyclic) bond motifs is 1. The second-order valence-electron chi connectivity index (χ2n) is 5.68. The molecular weight excluding hydrogens is 304 g/mol. The second kappa shape index (κ2) is 5.81. The largest absolute Gasteiger partial charge is 0.441 e. The van der Waals surface area contributed by atoms with E-state index >= 15 is 0 Å². The lowest BCUT2D eigenvalue weighted by atomic mass is 10.1. The average molecular weight is 320 g/mol. The van der Waals surface area contributed by atoms with Crippen LogP contribution in [0.4, 0.5) is 5.82 Å². The molecule has 0 radical (unpaired) electrons. The Morgan fingerprint density at radius 2 is 1.92 bits per heavy atom. The molecule has 0 unspecified atom stereocenters. The summed E-state index contributed by atoms with van der Waals surface area (Å²) in [6.45, 7) is 0.993. The number of nitrogens with zero attached hydrogens (tertiary/aromatic N) is 3. The van der Waals surface area contributed by atoms with Crippen LogP contribution >= 0.6 is 0 Å². The van der Waals surface area contributed by atoms with Crippen molar-refractivity contribution in [2.75, 3.05) is 12.3 Å². The summed E-state index contributed by atoms with van der Waals surface area (Å²) in [5.74, 6) is 1.64. The Morgan fingerprint density at radius 3 is 2.71 bits per heavy atom. The Balaban J connectivity index is 1.58. The van der Waals surface area contributed by atoms with E-state index in [0.29, 0.717) is 36.9 Å². The van der Waals surface area contributed by atoms with Gasteiger partial charge in [-0.1, -0.05) is 24.3 Å². The number of rotatable bonds is 2. The first-order chi connectivity index (χ1) is 11.7. The summed E-state index contributed by atoms with van der Waals surface area (Å²) in [4.78, 5) is 23.0. The summed E-state index contributed by atoms with van der Waals surface area (Å²) in [5, 5.41) is 0. The molecule has 6 nitrogen and oxygen atoms in total. The van der Waals surface area contributed by atoms with Crippen LogP contribution < -0.4 is 5.73 Å². The number of hydrogen-bond donors (Lipinski definition) is 1. The van der Waals surface area contributed by atoms with Gasteiger partial charge in [0, 0.05) is 18.5 Å². The number of hydrogen-bond acceptors (Lipinski definition) is 5. The smallest absolute Gasteiger partial charge is 0.272 e. The number of nitrogens with two attached hydrogens (primary N) is 1. The Labute approximate surface area is 138 Å². The molecule has 0 saturated heterocycles. The molecule has 2 aromatic heterocycles. The van der Waals surface area contributed by atoms with E-state index in [4.69, 9.17) is 10.2 Å². The number of nitrogen functional groups attached to an aromatic ring is 1. The van der Waals surface area contributed by atoms with Crippen LogP contribution in [0.5, 0.6) is 0 Å². The molecule has 0 bridgehead atoms. The molecule has 0 atom stereocenters. The molecule has 0 saturated carbocycles. The van der Waals surface area contributed by atoms with Gasteiger partial charge >= 0.3 is 0 Å². The minimum Gasteiger partial charge on any atom is -0.441 e. The van der Waals surface area contributed by atoms with Crippen molar-refractivity contribution >= 4 is 11.7 Å². The molecule has 1 aliphatic rings. The van der Waals surface area contributed by atoms with E-state index in [1.165, 1.54) is 0 Å². The van der Waals surface area contributed by atoms with Crippen LogP contribution in [0.25, 0.3) is 11.5 Å². The Bertz CT molecular complexity index is 889. The van der Waals surface area contributed by atoms with Gasteiger partial charge in [0.05, 0.1) is 6.54 Å². The highest BCUT2D eigenvalue weighted by Gasteiger charge is 2.27. The number of carbonyl (C=O) groups excluding carboxylic acids is 1. The van der Waals surface area contributed by atoms with Gasteiger partial charge in [-0.05, 0) is 24.3 Å². The Morgan fingerprint density at radius 1 is 1.08 bits per heavy atom. The van der Waals surface area contributed by atoms with Crippen LogP contribution in [-0.4, -0.2) is 27.3 Å². The molecule has 0 spiro atoms. The molecular formula is C18H16N4O2. The number of oxazole rings is 1. The molecule has 3 aromatic rings. The Hall–Kier alpha value is -3.15. The standard InChI is InChI=1S/C18H16N4O2/c19-16-8-4-7-13(20-16)18(23)22-10-9-15-14(11-22)21-17(24-15)12-5-2-1-3-6-12/h1-8H,9-11H2,(H2,19,20). The molecule has 24 heavy (non-hydrogen) atoms. The zero-order valence-electron chi connectivity index (χ0n) is 13.0. The average Bonchev–Trinajstić information content (AvgIpc) is 3.05. The van der Waals surface area contributed by atoms with E-state index in [2.05, 4.69) is 9.97 Å². The molecule has 1 aromatic carbocycles. The summed E-state index contributed by atoms with van der Waals surface area (Å²) in [7, 11) is 0. The molecule has 2 N–H and O–H groups in total. The number of pyridine rings is 1. The molecule has 4 rings (SSSR count). The minimum absolute atomic E-state index is 0.141. The normalized spacial score (nSPS) is 13.6. The molecule has 1 amide bonds. The van der Waals surface area contributed by atoms with Gasteiger partial charge in [0.2, 0.25) is 5.89 Å². The lowest BCUT2D eigenvalue weighted by molar-refractivity contribution is 0.0722. The van der Waals surface area contributed by atoms with E-state index in [1.807, 2.05) is 30.3 Å². The van der Waals surface area contributed by atoms with Gasteiger partial charge in [-0.25, -0.2) is 9.97 Å². The van der Waals surface area contributed by atoms with Gasteiger partial charge in [0.25, 0.3) is 5.91 Å². The van der Waals surface area contributed by atoms with Crippen molar-refractivity contribution in [3.63, 3.8) is 0 Å². The van der Waals surface area contributed by atoms with Crippen molar-refractivity contribution < 1.29 is 9.21 Å². The van der Waals surface area contributed by atoms with Gasteiger partial charge in [-0.15, -0.1) is 0 Å².